The molecule has 3 heterocycles. The van der Waals surface area contributed by atoms with E-state index in [2.05, 4.69) is 29.2 Å². The summed E-state index contributed by atoms with van der Waals surface area (Å²) in [4.78, 5) is 51.5. The van der Waals surface area contributed by atoms with Crippen molar-refractivity contribution in [1.82, 2.24) is 25.3 Å². The maximum atomic E-state index is 14.3. The lowest BCUT2D eigenvalue weighted by Gasteiger charge is -2.24. The third-order valence-corrected chi connectivity index (χ3v) is 14.0. The Morgan fingerprint density at radius 3 is 2.44 bits per heavy atom. The number of ether oxygens (including phenoxy) is 2. The van der Waals surface area contributed by atoms with Gasteiger partial charge in [0.05, 0.1) is 35.4 Å². The van der Waals surface area contributed by atoms with E-state index in [1.165, 1.54) is 11.3 Å². The highest BCUT2D eigenvalue weighted by Crippen LogP contribution is 2.49. The summed E-state index contributed by atoms with van der Waals surface area (Å²) in [5, 5.41) is 9.08. The maximum Gasteiger partial charge on any atom is 0.259 e. The fraction of sp³-hybridized carbons (Fsp3) is 0.605. The molecule has 1 aromatic carbocycles. The van der Waals surface area contributed by atoms with E-state index in [4.69, 9.17) is 19.4 Å². The second kappa shape index (κ2) is 14.6. The summed E-state index contributed by atoms with van der Waals surface area (Å²) in [6.07, 6.45) is 6.84. The number of benzene rings is 1. The first kappa shape index (κ1) is 36.6. The third kappa shape index (κ3) is 7.37. The Morgan fingerprint density at radius 1 is 1.00 bits per heavy atom. The van der Waals surface area contributed by atoms with Gasteiger partial charge in [0, 0.05) is 28.9 Å². The quantitative estimate of drug-likeness (QED) is 0.269. The van der Waals surface area contributed by atoms with Gasteiger partial charge in [0.25, 0.3) is 5.91 Å². The molecule has 52 heavy (non-hydrogen) atoms. The van der Waals surface area contributed by atoms with E-state index in [-0.39, 0.29) is 24.2 Å². The average Bonchev–Trinajstić information content (AvgIpc) is 3.98. The lowest BCUT2D eigenvalue weighted by molar-refractivity contribution is -0.136. The summed E-state index contributed by atoms with van der Waals surface area (Å²) in [6.45, 7) is 6.66. The van der Waals surface area contributed by atoms with Crippen LogP contribution >= 0.6 is 11.3 Å². The molecule has 14 heteroatoms. The summed E-state index contributed by atoms with van der Waals surface area (Å²) >= 11 is 1.52. The second-order valence-corrected chi connectivity index (χ2v) is 18.2. The molecule has 3 aromatic rings. The van der Waals surface area contributed by atoms with Crippen LogP contribution in [-0.4, -0.2) is 66.7 Å². The second-order valence-electron chi connectivity index (χ2n) is 15.3. The fourth-order valence-electron chi connectivity index (χ4n) is 7.87. The number of carbonyl (C=O) groups is 3. The molecule has 2 aromatic heterocycles. The van der Waals surface area contributed by atoms with Crippen LogP contribution in [0.2, 0.25) is 0 Å². The topological polar surface area (TPSA) is 166 Å². The molecule has 3 aliphatic carbocycles. The number of aromatic nitrogens is 2. The van der Waals surface area contributed by atoms with E-state index in [1.807, 2.05) is 30.5 Å². The van der Waals surface area contributed by atoms with Crippen molar-refractivity contribution in [3.05, 3.63) is 34.8 Å². The average molecular weight is 752 g/mol. The summed E-state index contributed by atoms with van der Waals surface area (Å²) in [5.41, 5.74) is 1.89. The number of methoxy groups -OCH3 is 1. The molecular formula is C38H49N5O7S2. The monoisotopic (exact) mass is 751 g/mol. The highest BCUT2D eigenvalue weighted by atomic mass is 32.2. The van der Waals surface area contributed by atoms with Crippen LogP contribution in [0.3, 0.4) is 0 Å². The number of carbonyl (C=O) groups excluding carboxylic acids is 3. The molecule has 0 radical (unpaired) electrons. The Kier molecular flexibility index (Phi) is 10.2. The molecule has 7 rings (SSSR count). The van der Waals surface area contributed by atoms with Gasteiger partial charge in [-0.05, 0) is 75.8 Å². The number of sulfonamides is 1. The van der Waals surface area contributed by atoms with Crippen molar-refractivity contribution in [1.29, 1.82) is 0 Å². The van der Waals surface area contributed by atoms with Crippen LogP contribution in [-0.2, 0) is 24.4 Å². The largest absolute Gasteiger partial charge is 0.496 e. The van der Waals surface area contributed by atoms with Crippen molar-refractivity contribution < 1.29 is 32.3 Å². The molecule has 0 bridgehead atoms. The van der Waals surface area contributed by atoms with Gasteiger partial charge < -0.3 is 20.1 Å². The molecule has 4 aliphatic rings. The Bertz CT molecular complexity index is 1980. The molecule has 0 spiro atoms. The van der Waals surface area contributed by atoms with Crippen molar-refractivity contribution in [2.45, 2.75) is 114 Å². The zero-order chi connectivity index (χ0) is 36.8. The minimum atomic E-state index is -3.80. The number of fused-ring (bicyclic) bond motifs is 3. The van der Waals surface area contributed by atoms with Gasteiger partial charge in [-0.25, -0.2) is 18.4 Å². The van der Waals surface area contributed by atoms with Crippen molar-refractivity contribution in [2.24, 2.45) is 17.8 Å². The Balaban J connectivity index is 1.19. The van der Waals surface area contributed by atoms with Crippen molar-refractivity contribution >= 4 is 50.0 Å². The van der Waals surface area contributed by atoms with Crippen molar-refractivity contribution in [3.8, 4) is 22.2 Å². The molecule has 1 aliphatic heterocycles. The number of thiazole rings is 1. The van der Waals surface area contributed by atoms with E-state index in [9.17, 15) is 22.8 Å². The SMILES string of the molecule is COc1ccc2c(O[C@H]3C[C@H]4C(=O)NCCCCCCC[C@@H]5C[C@@]5(C(=O)NS(=O)(=O)C5CC5)NC(=O)[C@@H]4C3)cc(-c3nc(C(C)C)cs3)nc2c1C. The van der Waals surface area contributed by atoms with Crippen LogP contribution in [0.1, 0.15) is 102 Å². The first-order valence-electron chi connectivity index (χ1n) is 18.7. The fourth-order valence-corrected chi connectivity index (χ4v) is 10.2. The molecule has 0 unspecified atom stereocenters. The zero-order valence-corrected chi connectivity index (χ0v) is 32.0. The van der Waals surface area contributed by atoms with Gasteiger partial charge in [0.1, 0.15) is 33.8 Å². The highest BCUT2D eigenvalue weighted by Gasteiger charge is 2.62. The lowest BCUT2D eigenvalue weighted by Crippen LogP contribution is -2.54. The minimum Gasteiger partial charge on any atom is -0.496 e. The summed E-state index contributed by atoms with van der Waals surface area (Å²) in [5.74, 6) is -1.41. The Hall–Kier alpha value is -3.78. The lowest BCUT2D eigenvalue weighted by atomic mass is 9.93. The Labute approximate surface area is 309 Å². The molecule has 4 fully saturated rings. The molecule has 1 saturated heterocycles. The van der Waals surface area contributed by atoms with Crippen molar-refractivity contribution in [2.75, 3.05) is 13.7 Å². The highest BCUT2D eigenvalue weighted by molar-refractivity contribution is 7.91. The van der Waals surface area contributed by atoms with Crippen LogP contribution in [0, 0.1) is 24.7 Å². The normalized spacial score (nSPS) is 27.1. The smallest absolute Gasteiger partial charge is 0.259 e. The molecule has 5 atom stereocenters. The molecule has 3 saturated carbocycles. The van der Waals surface area contributed by atoms with Crippen LogP contribution in [0.5, 0.6) is 11.5 Å². The zero-order valence-electron chi connectivity index (χ0n) is 30.3. The van der Waals surface area contributed by atoms with E-state index < -0.39 is 50.6 Å². The molecule has 3 N–H and O–H groups in total. The number of amides is 3. The molecule has 12 nitrogen and oxygen atoms in total. The number of hydrogen-bond donors (Lipinski definition) is 3. The number of hydrogen-bond acceptors (Lipinski definition) is 10. The van der Waals surface area contributed by atoms with E-state index in [0.717, 1.165) is 53.8 Å². The van der Waals surface area contributed by atoms with E-state index in [0.29, 0.717) is 61.4 Å². The predicted molar refractivity (Wildman–Crippen MR) is 199 cm³/mol. The number of aryl methyl sites for hydroxylation is 1. The summed E-state index contributed by atoms with van der Waals surface area (Å²) in [7, 11) is -2.18. The van der Waals surface area contributed by atoms with Gasteiger partial charge in [-0.15, -0.1) is 11.3 Å². The first-order chi connectivity index (χ1) is 24.9. The van der Waals surface area contributed by atoms with Crippen LogP contribution in [0.15, 0.2) is 23.6 Å². The summed E-state index contributed by atoms with van der Waals surface area (Å²) < 4.78 is 40.3. The number of rotatable bonds is 8. The predicted octanol–water partition coefficient (Wildman–Crippen LogP) is 5.53. The van der Waals surface area contributed by atoms with Crippen LogP contribution < -0.4 is 24.8 Å². The van der Waals surface area contributed by atoms with E-state index >= 15 is 0 Å². The third-order valence-electron chi connectivity index (χ3n) is 11.3. The number of nitrogens with one attached hydrogen (secondary N) is 3. The van der Waals surface area contributed by atoms with Gasteiger partial charge in [-0.3, -0.25) is 19.1 Å². The number of nitrogens with zero attached hydrogens (tertiary/aromatic N) is 2. The Morgan fingerprint density at radius 2 is 1.73 bits per heavy atom. The van der Waals surface area contributed by atoms with E-state index in [1.54, 1.807) is 7.11 Å². The van der Waals surface area contributed by atoms with Gasteiger partial charge in [-0.1, -0.05) is 39.5 Å². The minimum absolute atomic E-state index is 0.166. The standard InChI is InChI=1S/C38H49N5O7S2/c1-21(2)30-20-51-36(41-30)29-18-32(26-13-14-31(49-4)22(3)33(26)40-29)50-24-16-27-28(17-24)35(45)42-38(37(46)43-52(47,48)25-11-12-25)19-23(38)10-8-6-5-7-9-15-39-34(27)44/h13-14,18,20-21,23-25,27-28H,5-12,15-17,19H2,1-4H3,(H,39,44)(H,42,45)(H,43,46)/t23-,24+,27-,28-,38-/m1/s1. The molecule has 280 valence electrons. The van der Waals surface area contributed by atoms with Gasteiger partial charge in [0.2, 0.25) is 21.8 Å². The van der Waals surface area contributed by atoms with Crippen molar-refractivity contribution in [3.63, 3.8) is 0 Å². The van der Waals surface area contributed by atoms with Crippen LogP contribution in [0.4, 0.5) is 0 Å². The van der Waals surface area contributed by atoms with Crippen LogP contribution in [0.25, 0.3) is 21.6 Å². The van der Waals surface area contributed by atoms with Gasteiger partial charge in [-0.2, -0.15) is 0 Å². The van der Waals surface area contributed by atoms with Gasteiger partial charge >= 0.3 is 0 Å². The maximum absolute atomic E-state index is 14.3. The molecular weight excluding hydrogens is 703 g/mol. The summed E-state index contributed by atoms with van der Waals surface area (Å²) in [6, 6.07) is 5.67. The number of pyridine rings is 1. The first-order valence-corrected chi connectivity index (χ1v) is 21.1. The van der Waals surface area contributed by atoms with Gasteiger partial charge in [0.15, 0.2) is 0 Å². The molecule has 3 amide bonds.